The Bertz CT molecular complexity index is 1010. The maximum absolute atomic E-state index is 13.0. The number of Topliss-reactive ketones (excluding diaryl/α,β-unsaturated/α-hetero) is 1. The van der Waals surface area contributed by atoms with Crippen LogP contribution in [0.15, 0.2) is 66.9 Å². The van der Waals surface area contributed by atoms with E-state index in [0.29, 0.717) is 12.0 Å². The van der Waals surface area contributed by atoms with E-state index in [2.05, 4.69) is 4.98 Å². The highest BCUT2D eigenvalue weighted by Crippen LogP contribution is 2.32. The Kier molecular flexibility index (Phi) is 5.99. The number of hydrogen-bond acceptors (Lipinski definition) is 3. The van der Waals surface area contributed by atoms with Gasteiger partial charge in [-0.15, -0.1) is 0 Å². The summed E-state index contributed by atoms with van der Waals surface area (Å²) in [6.45, 7) is 3.90. The molecule has 0 saturated carbocycles. The summed E-state index contributed by atoms with van der Waals surface area (Å²) in [5.74, 6) is -0.966. The van der Waals surface area contributed by atoms with E-state index in [1.54, 1.807) is 24.4 Å². The minimum atomic E-state index is -0.868. The van der Waals surface area contributed by atoms with Crippen molar-refractivity contribution in [1.82, 2.24) is 4.98 Å². The van der Waals surface area contributed by atoms with E-state index in [1.165, 1.54) is 0 Å². The molecule has 1 unspecified atom stereocenters. The molecule has 0 aliphatic rings. The van der Waals surface area contributed by atoms with Gasteiger partial charge in [-0.3, -0.25) is 14.6 Å². The number of carbonyl (C=O) groups is 2. The number of aromatic nitrogens is 1. The van der Waals surface area contributed by atoms with Gasteiger partial charge in [0.1, 0.15) is 0 Å². The number of ketones is 1. The summed E-state index contributed by atoms with van der Waals surface area (Å²) in [7, 11) is 0. The molecule has 3 aromatic rings. The first-order valence-corrected chi connectivity index (χ1v) is 9.26. The summed E-state index contributed by atoms with van der Waals surface area (Å²) in [6.07, 6.45) is 1.93. The number of pyridine rings is 1. The van der Waals surface area contributed by atoms with E-state index in [0.717, 1.165) is 27.9 Å². The lowest BCUT2D eigenvalue weighted by atomic mass is 9.83. The molecular formula is C24H23NO3. The lowest BCUT2D eigenvalue weighted by molar-refractivity contribution is -0.136. The number of rotatable bonds is 7. The first-order valence-electron chi connectivity index (χ1n) is 9.26. The second kappa shape index (κ2) is 8.61. The SMILES string of the molecule is Cc1cc(C(=O)CC(c2cccc(CC(=O)O)c2)c2ccccc2C)ccn1. The van der Waals surface area contributed by atoms with E-state index in [1.807, 2.05) is 56.3 Å². The first-order chi connectivity index (χ1) is 13.4. The molecule has 4 heteroatoms. The van der Waals surface area contributed by atoms with Crippen LogP contribution in [0.25, 0.3) is 0 Å². The van der Waals surface area contributed by atoms with Gasteiger partial charge in [-0.1, -0.05) is 48.5 Å². The molecule has 0 fully saturated rings. The molecule has 0 saturated heterocycles. The zero-order chi connectivity index (χ0) is 20.1. The van der Waals surface area contributed by atoms with E-state index in [-0.39, 0.29) is 18.1 Å². The van der Waals surface area contributed by atoms with Gasteiger partial charge in [0.2, 0.25) is 0 Å². The summed E-state index contributed by atoms with van der Waals surface area (Å²) in [6, 6.07) is 19.1. The summed E-state index contributed by atoms with van der Waals surface area (Å²) in [5.41, 5.74) is 5.32. The fourth-order valence-corrected chi connectivity index (χ4v) is 3.50. The number of aryl methyl sites for hydroxylation is 2. The number of benzene rings is 2. The van der Waals surface area contributed by atoms with Crippen LogP contribution in [0.1, 0.15) is 50.6 Å². The lowest BCUT2D eigenvalue weighted by Gasteiger charge is -2.20. The summed E-state index contributed by atoms with van der Waals surface area (Å²) < 4.78 is 0. The average Bonchev–Trinajstić information content (AvgIpc) is 2.66. The van der Waals surface area contributed by atoms with Gasteiger partial charge in [0.25, 0.3) is 0 Å². The van der Waals surface area contributed by atoms with Crippen LogP contribution in [0.3, 0.4) is 0 Å². The van der Waals surface area contributed by atoms with Crippen molar-refractivity contribution in [2.45, 2.75) is 32.6 Å². The van der Waals surface area contributed by atoms with Crippen LogP contribution in [-0.2, 0) is 11.2 Å². The van der Waals surface area contributed by atoms with Crippen molar-refractivity contribution in [3.63, 3.8) is 0 Å². The van der Waals surface area contributed by atoms with Crippen molar-refractivity contribution >= 4 is 11.8 Å². The zero-order valence-corrected chi connectivity index (χ0v) is 16.1. The van der Waals surface area contributed by atoms with Crippen molar-refractivity contribution < 1.29 is 14.7 Å². The van der Waals surface area contributed by atoms with Crippen LogP contribution in [0.2, 0.25) is 0 Å². The number of nitrogens with zero attached hydrogens (tertiary/aromatic N) is 1. The highest BCUT2D eigenvalue weighted by molar-refractivity contribution is 5.96. The second-order valence-corrected chi connectivity index (χ2v) is 7.04. The van der Waals surface area contributed by atoms with Crippen LogP contribution in [-0.4, -0.2) is 21.8 Å². The average molecular weight is 373 g/mol. The molecule has 1 atom stereocenters. The van der Waals surface area contributed by atoms with Crippen LogP contribution >= 0.6 is 0 Å². The molecule has 0 bridgehead atoms. The van der Waals surface area contributed by atoms with Gasteiger partial charge in [-0.2, -0.15) is 0 Å². The van der Waals surface area contributed by atoms with E-state index in [4.69, 9.17) is 5.11 Å². The van der Waals surface area contributed by atoms with Crippen LogP contribution < -0.4 is 0 Å². The Morgan fingerprint density at radius 3 is 2.50 bits per heavy atom. The fraction of sp³-hybridized carbons (Fsp3) is 0.208. The number of aliphatic carboxylic acids is 1. The molecule has 3 rings (SSSR count). The molecule has 28 heavy (non-hydrogen) atoms. The number of carboxylic acid groups (broad SMARTS) is 1. The van der Waals surface area contributed by atoms with E-state index >= 15 is 0 Å². The molecule has 2 aromatic carbocycles. The van der Waals surface area contributed by atoms with Crippen LogP contribution in [0.5, 0.6) is 0 Å². The van der Waals surface area contributed by atoms with Gasteiger partial charge in [0.05, 0.1) is 6.42 Å². The molecule has 0 aliphatic heterocycles. The fourth-order valence-electron chi connectivity index (χ4n) is 3.50. The number of hydrogen-bond donors (Lipinski definition) is 1. The standard InChI is InChI=1S/C24H23NO3/c1-16-6-3-4-9-21(16)22(15-23(26)20-10-11-25-17(2)12-20)19-8-5-7-18(13-19)14-24(27)28/h3-13,22H,14-15H2,1-2H3,(H,27,28). The Hall–Kier alpha value is -3.27. The number of carboxylic acids is 1. The molecule has 1 aromatic heterocycles. The minimum Gasteiger partial charge on any atom is -0.481 e. The Balaban J connectivity index is 2.00. The van der Waals surface area contributed by atoms with Gasteiger partial charge < -0.3 is 5.11 Å². The number of carbonyl (C=O) groups excluding carboxylic acids is 1. The molecule has 0 radical (unpaired) electrons. The largest absolute Gasteiger partial charge is 0.481 e. The highest BCUT2D eigenvalue weighted by atomic mass is 16.4. The summed E-state index contributed by atoms with van der Waals surface area (Å²) >= 11 is 0. The van der Waals surface area contributed by atoms with Crippen molar-refractivity contribution in [3.8, 4) is 0 Å². The van der Waals surface area contributed by atoms with Gasteiger partial charge in [-0.05, 0) is 48.2 Å². The molecule has 4 nitrogen and oxygen atoms in total. The minimum absolute atomic E-state index is 0.0359. The van der Waals surface area contributed by atoms with E-state index in [9.17, 15) is 9.59 Å². The van der Waals surface area contributed by atoms with Crippen molar-refractivity contribution in [2.24, 2.45) is 0 Å². The third-order valence-electron chi connectivity index (χ3n) is 4.88. The van der Waals surface area contributed by atoms with Crippen molar-refractivity contribution in [1.29, 1.82) is 0 Å². The molecule has 1 N–H and O–H groups in total. The van der Waals surface area contributed by atoms with Gasteiger partial charge in [0, 0.05) is 29.8 Å². The maximum Gasteiger partial charge on any atom is 0.307 e. The summed E-state index contributed by atoms with van der Waals surface area (Å²) in [4.78, 5) is 28.3. The van der Waals surface area contributed by atoms with Crippen LogP contribution in [0.4, 0.5) is 0 Å². The molecular weight excluding hydrogens is 350 g/mol. The summed E-state index contributed by atoms with van der Waals surface area (Å²) in [5, 5.41) is 9.12. The molecule has 142 valence electrons. The second-order valence-electron chi connectivity index (χ2n) is 7.04. The third kappa shape index (κ3) is 4.71. The molecule has 0 spiro atoms. The van der Waals surface area contributed by atoms with Crippen LogP contribution in [0, 0.1) is 13.8 Å². The molecule has 1 heterocycles. The predicted molar refractivity (Wildman–Crippen MR) is 109 cm³/mol. The smallest absolute Gasteiger partial charge is 0.307 e. The maximum atomic E-state index is 13.0. The zero-order valence-electron chi connectivity index (χ0n) is 16.1. The molecule has 0 aliphatic carbocycles. The quantitative estimate of drug-likeness (QED) is 0.608. The first kappa shape index (κ1) is 19.5. The Labute approximate surface area is 164 Å². The topological polar surface area (TPSA) is 67.3 Å². The normalized spacial score (nSPS) is 11.8. The Morgan fingerprint density at radius 2 is 1.79 bits per heavy atom. The lowest BCUT2D eigenvalue weighted by Crippen LogP contribution is -2.11. The van der Waals surface area contributed by atoms with Crippen molar-refractivity contribution in [3.05, 3.63) is 100 Å². The van der Waals surface area contributed by atoms with Gasteiger partial charge in [-0.25, -0.2) is 0 Å². The highest BCUT2D eigenvalue weighted by Gasteiger charge is 2.21. The van der Waals surface area contributed by atoms with Gasteiger partial charge >= 0.3 is 5.97 Å². The Morgan fingerprint density at radius 1 is 1.00 bits per heavy atom. The predicted octanol–water partition coefficient (Wildman–Crippen LogP) is 4.73. The van der Waals surface area contributed by atoms with Crippen molar-refractivity contribution in [2.75, 3.05) is 0 Å². The molecule has 0 amide bonds. The third-order valence-corrected chi connectivity index (χ3v) is 4.88. The monoisotopic (exact) mass is 373 g/mol. The van der Waals surface area contributed by atoms with Gasteiger partial charge in [0.15, 0.2) is 5.78 Å². The van der Waals surface area contributed by atoms with E-state index < -0.39 is 5.97 Å².